The first-order chi connectivity index (χ1) is 7.04. The molecule has 0 N–H and O–H groups in total. The molecule has 1 rings (SSSR count). The van der Waals surface area contributed by atoms with E-state index in [2.05, 4.69) is 9.98 Å². The predicted octanol–water partition coefficient (Wildman–Crippen LogP) is 0.0103. The smallest absolute Gasteiger partial charge is 0.300 e. The minimum Gasteiger partial charge on any atom is -0.468 e. The van der Waals surface area contributed by atoms with Crippen molar-refractivity contribution in [1.29, 1.82) is 0 Å². The van der Waals surface area contributed by atoms with Gasteiger partial charge >= 0.3 is 6.01 Å². The molecule has 0 atom stereocenters. The molecule has 0 aromatic carbocycles. The number of methoxy groups -OCH3 is 1. The van der Waals surface area contributed by atoms with Gasteiger partial charge in [0.25, 0.3) is 5.56 Å². The third-order valence-electron chi connectivity index (χ3n) is 1.68. The number of ether oxygens (including phenoxy) is 1. The Labute approximate surface area is 87.8 Å². The van der Waals surface area contributed by atoms with Gasteiger partial charge in [-0.15, -0.1) is 0 Å². The molecule has 0 radical (unpaired) electrons. The summed E-state index contributed by atoms with van der Waals surface area (Å²) >= 11 is 0. The molecule has 0 fully saturated rings. The number of nitrogens with zero attached hydrogens (tertiary/aromatic N) is 4. The number of aromatic nitrogens is 2. The van der Waals surface area contributed by atoms with E-state index in [-0.39, 0.29) is 11.6 Å². The molecular weight excluding hydrogens is 196 g/mol. The minimum absolute atomic E-state index is 0.201. The molecule has 0 unspecified atom stereocenters. The number of rotatable bonds is 3. The molecule has 1 aromatic heterocycles. The van der Waals surface area contributed by atoms with Gasteiger partial charge in [-0.05, 0) is 0 Å². The molecule has 0 amide bonds. The Balaban J connectivity index is 3.12. The predicted molar refractivity (Wildman–Crippen MR) is 57.9 cm³/mol. The fourth-order valence-corrected chi connectivity index (χ4v) is 0.930. The van der Waals surface area contributed by atoms with Crippen LogP contribution in [0, 0.1) is 0 Å². The zero-order valence-corrected chi connectivity index (χ0v) is 9.26. The number of hydrogen-bond donors (Lipinski definition) is 0. The molecule has 0 aliphatic rings. The van der Waals surface area contributed by atoms with Gasteiger partial charge in [-0.3, -0.25) is 9.36 Å². The Kier molecular flexibility index (Phi) is 3.43. The van der Waals surface area contributed by atoms with Crippen molar-refractivity contribution in [2.75, 3.05) is 21.2 Å². The maximum Gasteiger partial charge on any atom is 0.300 e. The summed E-state index contributed by atoms with van der Waals surface area (Å²) in [5, 5.41) is 0. The van der Waals surface area contributed by atoms with E-state index in [4.69, 9.17) is 4.74 Å². The first-order valence-electron chi connectivity index (χ1n) is 4.37. The summed E-state index contributed by atoms with van der Waals surface area (Å²) in [7, 11) is 6.72. The van der Waals surface area contributed by atoms with Gasteiger partial charge < -0.3 is 9.64 Å². The lowest BCUT2D eigenvalue weighted by atomic mass is 10.5. The molecular formula is C9H14N4O2. The van der Waals surface area contributed by atoms with E-state index in [9.17, 15) is 4.79 Å². The first-order valence-corrected chi connectivity index (χ1v) is 4.37. The third kappa shape index (κ3) is 2.80. The van der Waals surface area contributed by atoms with Crippen molar-refractivity contribution in [3.05, 3.63) is 16.4 Å². The average Bonchev–Trinajstić information content (AvgIpc) is 2.19. The lowest BCUT2D eigenvalue weighted by Gasteiger charge is -2.06. The van der Waals surface area contributed by atoms with Crippen LogP contribution in [0.3, 0.4) is 0 Å². The molecule has 15 heavy (non-hydrogen) atoms. The molecule has 0 aliphatic carbocycles. The summed E-state index contributed by atoms with van der Waals surface area (Å²) in [6.07, 6.45) is 1.57. The van der Waals surface area contributed by atoms with Crippen LogP contribution in [0.1, 0.15) is 0 Å². The maximum atomic E-state index is 11.4. The van der Waals surface area contributed by atoms with Gasteiger partial charge in [0.05, 0.1) is 13.4 Å². The van der Waals surface area contributed by atoms with Crippen molar-refractivity contribution in [3.8, 4) is 6.01 Å². The Morgan fingerprint density at radius 3 is 2.80 bits per heavy atom. The highest BCUT2D eigenvalue weighted by molar-refractivity contribution is 5.58. The van der Waals surface area contributed by atoms with Crippen molar-refractivity contribution >= 4 is 12.2 Å². The third-order valence-corrected chi connectivity index (χ3v) is 1.68. The monoisotopic (exact) mass is 210 g/mol. The van der Waals surface area contributed by atoms with E-state index in [0.29, 0.717) is 5.82 Å². The normalized spacial score (nSPS) is 10.7. The zero-order valence-electron chi connectivity index (χ0n) is 9.26. The minimum atomic E-state index is -0.201. The molecule has 0 bridgehead atoms. The first kappa shape index (κ1) is 11.2. The standard InChI is InChI=1S/C9H14N4O2/c1-12(2)6-10-7-5-8(14)13(3)9(11-7)15-4/h5-6H,1-4H3. The van der Waals surface area contributed by atoms with Crippen molar-refractivity contribution < 1.29 is 4.74 Å². The largest absolute Gasteiger partial charge is 0.468 e. The molecule has 1 aromatic rings. The Hall–Kier alpha value is -1.85. The van der Waals surface area contributed by atoms with Crippen LogP contribution in [0.15, 0.2) is 15.9 Å². The van der Waals surface area contributed by atoms with E-state index >= 15 is 0 Å². The van der Waals surface area contributed by atoms with Crippen LogP contribution in [-0.4, -0.2) is 42.0 Å². The van der Waals surface area contributed by atoms with E-state index in [1.165, 1.54) is 17.7 Å². The molecule has 0 saturated carbocycles. The lowest BCUT2D eigenvalue weighted by molar-refractivity contribution is 0.357. The second kappa shape index (κ2) is 4.59. The zero-order chi connectivity index (χ0) is 11.4. The fraction of sp³-hybridized carbons (Fsp3) is 0.444. The van der Waals surface area contributed by atoms with E-state index in [1.54, 1.807) is 18.3 Å². The maximum absolute atomic E-state index is 11.4. The van der Waals surface area contributed by atoms with Gasteiger partial charge in [-0.25, -0.2) is 4.99 Å². The highest BCUT2D eigenvalue weighted by atomic mass is 16.5. The van der Waals surface area contributed by atoms with Crippen molar-refractivity contribution in [2.45, 2.75) is 0 Å². The van der Waals surface area contributed by atoms with Gasteiger partial charge in [0.1, 0.15) is 0 Å². The molecule has 82 valence electrons. The van der Waals surface area contributed by atoms with E-state index in [1.807, 2.05) is 14.1 Å². The quantitative estimate of drug-likeness (QED) is 0.521. The number of aliphatic imine (C=N–C) groups is 1. The van der Waals surface area contributed by atoms with Gasteiger partial charge in [0, 0.05) is 27.2 Å². The second-order valence-corrected chi connectivity index (χ2v) is 3.21. The molecule has 0 spiro atoms. The van der Waals surface area contributed by atoms with Gasteiger partial charge in [-0.1, -0.05) is 0 Å². The highest BCUT2D eigenvalue weighted by Crippen LogP contribution is 2.09. The Morgan fingerprint density at radius 2 is 2.27 bits per heavy atom. The van der Waals surface area contributed by atoms with Crippen LogP contribution in [0.25, 0.3) is 0 Å². The van der Waals surface area contributed by atoms with Crippen molar-refractivity contribution in [1.82, 2.24) is 14.5 Å². The van der Waals surface area contributed by atoms with Crippen LogP contribution in [0.4, 0.5) is 5.82 Å². The van der Waals surface area contributed by atoms with E-state index in [0.717, 1.165) is 0 Å². The van der Waals surface area contributed by atoms with Crippen LogP contribution < -0.4 is 10.3 Å². The van der Waals surface area contributed by atoms with Crippen LogP contribution >= 0.6 is 0 Å². The summed E-state index contributed by atoms with van der Waals surface area (Å²) in [5.41, 5.74) is -0.201. The summed E-state index contributed by atoms with van der Waals surface area (Å²) in [5.74, 6) is 0.337. The summed E-state index contributed by atoms with van der Waals surface area (Å²) < 4.78 is 6.25. The summed E-state index contributed by atoms with van der Waals surface area (Å²) in [6, 6.07) is 1.59. The second-order valence-electron chi connectivity index (χ2n) is 3.21. The topological polar surface area (TPSA) is 59.7 Å². The van der Waals surface area contributed by atoms with Gasteiger partial charge in [0.15, 0.2) is 5.82 Å². The number of hydrogen-bond acceptors (Lipinski definition) is 4. The van der Waals surface area contributed by atoms with Gasteiger partial charge in [-0.2, -0.15) is 4.98 Å². The lowest BCUT2D eigenvalue weighted by Crippen LogP contribution is -2.18. The Morgan fingerprint density at radius 1 is 1.60 bits per heavy atom. The van der Waals surface area contributed by atoms with Crippen molar-refractivity contribution in [3.63, 3.8) is 0 Å². The molecule has 1 heterocycles. The highest BCUT2D eigenvalue weighted by Gasteiger charge is 2.03. The average molecular weight is 210 g/mol. The van der Waals surface area contributed by atoms with Crippen LogP contribution in [0.2, 0.25) is 0 Å². The summed E-state index contributed by atoms with van der Waals surface area (Å²) in [6.45, 7) is 0. The Bertz CT molecular complexity index is 423. The van der Waals surface area contributed by atoms with Crippen molar-refractivity contribution in [2.24, 2.45) is 12.0 Å². The van der Waals surface area contributed by atoms with Crippen LogP contribution in [-0.2, 0) is 7.05 Å². The molecule has 6 nitrogen and oxygen atoms in total. The molecule has 0 saturated heterocycles. The SMILES string of the molecule is COc1nc(N=CN(C)C)cc(=O)n1C. The fourth-order valence-electron chi connectivity index (χ4n) is 0.930. The van der Waals surface area contributed by atoms with E-state index < -0.39 is 0 Å². The summed E-state index contributed by atoms with van der Waals surface area (Å²) in [4.78, 5) is 21.2. The van der Waals surface area contributed by atoms with Crippen LogP contribution in [0.5, 0.6) is 6.01 Å². The molecule has 6 heteroatoms. The van der Waals surface area contributed by atoms with Gasteiger partial charge in [0.2, 0.25) is 0 Å². The molecule has 0 aliphatic heterocycles.